The maximum atomic E-state index is 9.10. The van der Waals surface area contributed by atoms with Gasteiger partial charge in [-0.05, 0) is 13.3 Å². The standard InChI is InChI=1S/C7H15NO2/c1-3-4-6(8)7(10)5(2)9/h3,5-7,9-10H,1,4,8H2,2H3/t5-,6-,7-/m0/s1. The summed E-state index contributed by atoms with van der Waals surface area (Å²) in [5.74, 6) is 0. The van der Waals surface area contributed by atoms with E-state index in [0.29, 0.717) is 6.42 Å². The van der Waals surface area contributed by atoms with Gasteiger partial charge in [-0.3, -0.25) is 0 Å². The van der Waals surface area contributed by atoms with Crippen LogP contribution in [0.2, 0.25) is 0 Å². The van der Waals surface area contributed by atoms with Gasteiger partial charge in [0, 0.05) is 6.04 Å². The summed E-state index contributed by atoms with van der Waals surface area (Å²) in [5.41, 5.74) is 5.45. The van der Waals surface area contributed by atoms with Gasteiger partial charge in [0.2, 0.25) is 0 Å². The van der Waals surface area contributed by atoms with Crippen LogP contribution >= 0.6 is 0 Å². The van der Waals surface area contributed by atoms with Crippen LogP contribution in [0.25, 0.3) is 0 Å². The minimum atomic E-state index is -0.849. The molecule has 60 valence electrons. The smallest absolute Gasteiger partial charge is 0.0949 e. The molecule has 3 heteroatoms. The third kappa shape index (κ3) is 2.96. The van der Waals surface area contributed by atoms with Crippen molar-refractivity contribution in [1.82, 2.24) is 0 Å². The van der Waals surface area contributed by atoms with Gasteiger partial charge in [0.1, 0.15) is 0 Å². The van der Waals surface area contributed by atoms with Gasteiger partial charge >= 0.3 is 0 Å². The van der Waals surface area contributed by atoms with E-state index in [0.717, 1.165) is 0 Å². The molecule has 0 saturated carbocycles. The molecule has 0 radical (unpaired) electrons. The molecular weight excluding hydrogens is 130 g/mol. The average molecular weight is 145 g/mol. The van der Waals surface area contributed by atoms with Gasteiger partial charge < -0.3 is 15.9 Å². The Morgan fingerprint density at radius 1 is 1.60 bits per heavy atom. The molecule has 3 nitrogen and oxygen atoms in total. The maximum Gasteiger partial charge on any atom is 0.0949 e. The summed E-state index contributed by atoms with van der Waals surface area (Å²) in [6, 6.07) is -0.405. The molecule has 0 unspecified atom stereocenters. The Kier molecular flexibility index (Phi) is 4.27. The fourth-order valence-electron chi connectivity index (χ4n) is 0.690. The van der Waals surface area contributed by atoms with E-state index in [9.17, 15) is 0 Å². The van der Waals surface area contributed by atoms with Gasteiger partial charge in [0.15, 0.2) is 0 Å². The summed E-state index contributed by atoms with van der Waals surface area (Å²) >= 11 is 0. The van der Waals surface area contributed by atoms with Crippen molar-refractivity contribution in [1.29, 1.82) is 0 Å². The van der Waals surface area contributed by atoms with E-state index >= 15 is 0 Å². The van der Waals surface area contributed by atoms with Crippen molar-refractivity contribution in [3.8, 4) is 0 Å². The molecule has 0 rings (SSSR count). The topological polar surface area (TPSA) is 66.5 Å². The van der Waals surface area contributed by atoms with Crippen LogP contribution in [0.15, 0.2) is 12.7 Å². The molecule has 0 spiro atoms. The molecule has 0 aromatic heterocycles. The highest BCUT2D eigenvalue weighted by Gasteiger charge is 2.17. The Morgan fingerprint density at radius 2 is 2.10 bits per heavy atom. The fraction of sp³-hybridized carbons (Fsp3) is 0.714. The largest absolute Gasteiger partial charge is 0.391 e. The summed E-state index contributed by atoms with van der Waals surface area (Å²) < 4.78 is 0. The average Bonchev–Trinajstić information content (AvgIpc) is 1.87. The van der Waals surface area contributed by atoms with Gasteiger partial charge in [0.25, 0.3) is 0 Å². The van der Waals surface area contributed by atoms with Gasteiger partial charge in [-0.25, -0.2) is 0 Å². The van der Waals surface area contributed by atoms with Gasteiger partial charge in [0.05, 0.1) is 12.2 Å². The third-order valence-electron chi connectivity index (χ3n) is 1.37. The molecule has 0 heterocycles. The lowest BCUT2D eigenvalue weighted by Crippen LogP contribution is -2.41. The van der Waals surface area contributed by atoms with Crippen molar-refractivity contribution in [3.63, 3.8) is 0 Å². The zero-order valence-corrected chi connectivity index (χ0v) is 6.20. The van der Waals surface area contributed by atoms with Crippen LogP contribution in [-0.4, -0.2) is 28.5 Å². The first-order valence-corrected chi connectivity index (χ1v) is 3.32. The van der Waals surface area contributed by atoms with Crippen LogP contribution in [0.5, 0.6) is 0 Å². The molecule has 0 fully saturated rings. The zero-order chi connectivity index (χ0) is 8.15. The number of nitrogens with two attached hydrogens (primary N) is 1. The lowest BCUT2D eigenvalue weighted by atomic mass is 10.0. The summed E-state index contributed by atoms with van der Waals surface area (Å²) in [4.78, 5) is 0. The molecule has 0 aromatic rings. The van der Waals surface area contributed by atoms with E-state index in [-0.39, 0.29) is 0 Å². The molecule has 3 atom stereocenters. The highest BCUT2D eigenvalue weighted by atomic mass is 16.3. The highest BCUT2D eigenvalue weighted by Crippen LogP contribution is 2.00. The zero-order valence-electron chi connectivity index (χ0n) is 6.20. The van der Waals surface area contributed by atoms with Crippen molar-refractivity contribution < 1.29 is 10.2 Å². The van der Waals surface area contributed by atoms with Gasteiger partial charge in [-0.15, -0.1) is 6.58 Å². The van der Waals surface area contributed by atoms with Crippen molar-refractivity contribution in [2.75, 3.05) is 0 Å². The predicted octanol–water partition coefficient (Wildman–Crippen LogP) is -0.368. The second-order valence-electron chi connectivity index (χ2n) is 2.42. The maximum absolute atomic E-state index is 9.10. The number of hydrogen-bond donors (Lipinski definition) is 3. The second kappa shape index (κ2) is 4.44. The van der Waals surface area contributed by atoms with E-state index < -0.39 is 18.2 Å². The van der Waals surface area contributed by atoms with Crippen LogP contribution in [0.4, 0.5) is 0 Å². The molecule has 0 aliphatic carbocycles. The summed E-state index contributed by atoms with van der Waals surface area (Å²) in [5, 5.41) is 18.0. The molecule has 0 aliphatic rings. The van der Waals surface area contributed by atoms with Gasteiger partial charge in [-0.2, -0.15) is 0 Å². The Labute approximate surface area is 61.2 Å². The Hall–Kier alpha value is -0.380. The molecule has 10 heavy (non-hydrogen) atoms. The fourth-order valence-corrected chi connectivity index (χ4v) is 0.690. The van der Waals surface area contributed by atoms with Crippen molar-refractivity contribution in [2.45, 2.75) is 31.6 Å². The molecule has 0 aromatic carbocycles. The molecule has 0 bridgehead atoms. The van der Waals surface area contributed by atoms with Crippen LogP contribution in [0, 0.1) is 0 Å². The van der Waals surface area contributed by atoms with Crippen molar-refractivity contribution in [2.24, 2.45) is 5.73 Å². The van der Waals surface area contributed by atoms with E-state index in [2.05, 4.69) is 6.58 Å². The summed E-state index contributed by atoms with van der Waals surface area (Å²) in [6.45, 7) is 4.98. The van der Waals surface area contributed by atoms with E-state index in [4.69, 9.17) is 15.9 Å². The quantitative estimate of drug-likeness (QED) is 0.473. The number of aliphatic hydroxyl groups is 2. The Balaban J connectivity index is 3.68. The lowest BCUT2D eigenvalue weighted by Gasteiger charge is -2.19. The summed E-state index contributed by atoms with van der Waals surface area (Å²) in [7, 11) is 0. The minimum Gasteiger partial charge on any atom is -0.391 e. The first-order chi connectivity index (χ1) is 4.59. The van der Waals surface area contributed by atoms with E-state index in [1.165, 1.54) is 6.92 Å². The molecule has 0 saturated heterocycles. The lowest BCUT2D eigenvalue weighted by molar-refractivity contribution is 0.0158. The van der Waals surface area contributed by atoms with Crippen LogP contribution in [0.1, 0.15) is 13.3 Å². The Bertz CT molecular complexity index is 104. The van der Waals surface area contributed by atoms with Crippen LogP contribution in [0.3, 0.4) is 0 Å². The van der Waals surface area contributed by atoms with Crippen LogP contribution in [-0.2, 0) is 0 Å². The minimum absolute atomic E-state index is 0.405. The first-order valence-electron chi connectivity index (χ1n) is 3.32. The van der Waals surface area contributed by atoms with E-state index in [1.807, 2.05) is 0 Å². The third-order valence-corrected chi connectivity index (χ3v) is 1.37. The first kappa shape index (κ1) is 9.62. The Morgan fingerprint density at radius 3 is 2.40 bits per heavy atom. The number of hydrogen-bond acceptors (Lipinski definition) is 3. The van der Waals surface area contributed by atoms with Crippen LogP contribution < -0.4 is 5.73 Å². The molecule has 0 aliphatic heterocycles. The molecular formula is C7H15NO2. The predicted molar refractivity (Wildman–Crippen MR) is 40.5 cm³/mol. The van der Waals surface area contributed by atoms with Crippen molar-refractivity contribution in [3.05, 3.63) is 12.7 Å². The summed E-state index contributed by atoms with van der Waals surface area (Å²) in [6.07, 6.45) is 0.524. The second-order valence-corrected chi connectivity index (χ2v) is 2.42. The number of rotatable bonds is 4. The van der Waals surface area contributed by atoms with Gasteiger partial charge in [-0.1, -0.05) is 6.08 Å². The van der Waals surface area contributed by atoms with Crippen molar-refractivity contribution >= 4 is 0 Å². The van der Waals surface area contributed by atoms with E-state index in [1.54, 1.807) is 6.08 Å². The SMILES string of the molecule is C=CC[C@H](N)[C@@H](O)[C@H](C)O. The molecule has 4 N–H and O–H groups in total. The number of aliphatic hydroxyl groups excluding tert-OH is 2. The normalized spacial score (nSPS) is 19.6. The monoisotopic (exact) mass is 145 g/mol. The molecule has 0 amide bonds. The highest BCUT2D eigenvalue weighted by molar-refractivity contribution is 4.82.